The van der Waals surface area contributed by atoms with Crippen LogP contribution in [0.5, 0.6) is 0 Å². The summed E-state index contributed by atoms with van der Waals surface area (Å²) in [5.74, 6) is -0.395. The van der Waals surface area contributed by atoms with Crippen molar-refractivity contribution in [2.75, 3.05) is 0 Å². The van der Waals surface area contributed by atoms with Crippen LogP contribution in [-0.4, -0.2) is 17.0 Å². The Balaban J connectivity index is 2.02. The lowest BCUT2D eigenvalue weighted by atomic mass is 10.2. The Bertz CT molecular complexity index is 699. The van der Waals surface area contributed by atoms with E-state index in [1.807, 2.05) is 0 Å². The second-order valence-electron chi connectivity index (χ2n) is 4.06. The zero-order valence-corrected chi connectivity index (χ0v) is 11.4. The van der Waals surface area contributed by atoms with E-state index in [0.717, 1.165) is 0 Å². The molecule has 0 spiro atoms. The Morgan fingerprint density at radius 3 is 2.62 bits per heavy atom. The Hall–Kier alpha value is -2.73. The van der Waals surface area contributed by atoms with Gasteiger partial charge in [0.1, 0.15) is 0 Å². The first-order chi connectivity index (χ1) is 10.1. The van der Waals surface area contributed by atoms with E-state index in [-0.39, 0.29) is 5.69 Å². The van der Waals surface area contributed by atoms with Crippen LogP contribution in [0, 0.1) is 10.1 Å². The van der Waals surface area contributed by atoms with E-state index in [0.29, 0.717) is 16.1 Å². The van der Waals surface area contributed by atoms with Gasteiger partial charge in [-0.05, 0) is 24.3 Å². The molecule has 1 N–H and O–H groups in total. The van der Waals surface area contributed by atoms with E-state index in [2.05, 4.69) is 10.5 Å². The summed E-state index contributed by atoms with van der Waals surface area (Å²) in [6.07, 6.45) is 1.33. The van der Waals surface area contributed by atoms with E-state index in [4.69, 9.17) is 11.6 Å². The van der Waals surface area contributed by atoms with Crippen LogP contribution in [0.3, 0.4) is 0 Å². The summed E-state index contributed by atoms with van der Waals surface area (Å²) in [5, 5.41) is 14.9. The van der Waals surface area contributed by atoms with E-state index in [1.54, 1.807) is 36.4 Å². The smallest absolute Gasteiger partial charge is 0.267 e. The number of nitro benzene ring substituents is 1. The van der Waals surface area contributed by atoms with Crippen molar-refractivity contribution in [1.82, 2.24) is 5.43 Å². The summed E-state index contributed by atoms with van der Waals surface area (Å²) in [6.45, 7) is 0. The molecule has 0 atom stereocenters. The first-order valence-electron chi connectivity index (χ1n) is 5.90. The Morgan fingerprint density at radius 1 is 1.24 bits per heavy atom. The summed E-state index contributed by atoms with van der Waals surface area (Å²) in [7, 11) is 0. The highest BCUT2D eigenvalue weighted by Crippen LogP contribution is 2.11. The van der Waals surface area contributed by atoms with Crippen LogP contribution in [0.25, 0.3) is 0 Å². The highest BCUT2D eigenvalue weighted by Gasteiger charge is 2.05. The molecule has 0 saturated heterocycles. The molecule has 0 aliphatic rings. The fraction of sp³-hybridized carbons (Fsp3) is 0. The van der Waals surface area contributed by atoms with Gasteiger partial charge in [-0.25, -0.2) is 5.43 Å². The number of benzene rings is 2. The number of nitro groups is 1. The second kappa shape index (κ2) is 6.62. The lowest BCUT2D eigenvalue weighted by Crippen LogP contribution is -2.17. The number of rotatable bonds is 4. The van der Waals surface area contributed by atoms with Gasteiger partial charge in [0.15, 0.2) is 0 Å². The van der Waals surface area contributed by atoms with Crippen LogP contribution in [0.15, 0.2) is 53.6 Å². The zero-order valence-electron chi connectivity index (χ0n) is 10.7. The standard InChI is InChI=1S/C14H10ClN3O3/c15-12-6-4-11(5-7-12)14(19)17-16-9-10-2-1-3-13(8-10)18(20)21/h1-9H,(H,17,19)/b16-9-. The molecule has 0 fully saturated rings. The largest absolute Gasteiger partial charge is 0.271 e. The fourth-order valence-electron chi connectivity index (χ4n) is 1.55. The van der Waals surface area contributed by atoms with Crippen molar-refractivity contribution in [2.24, 2.45) is 5.10 Å². The van der Waals surface area contributed by atoms with Gasteiger partial charge in [-0.2, -0.15) is 5.10 Å². The van der Waals surface area contributed by atoms with Gasteiger partial charge in [0.25, 0.3) is 11.6 Å². The Morgan fingerprint density at radius 2 is 1.95 bits per heavy atom. The first kappa shape index (κ1) is 14.7. The third kappa shape index (κ3) is 4.12. The summed E-state index contributed by atoms with van der Waals surface area (Å²) < 4.78 is 0. The third-order valence-corrected chi connectivity index (χ3v) is 2.82. The minimum atomic E-state index is -0.496. The molecule has 21 heavy (non-hydrogen) atoms. The van der Waals surface area contributed by atoms with Crippen LogP contribution in [0.1, 0.15) is 15.9 Å². The minimum Gasteiger partial charge on any atom is -0.267 e. The number of non-ortho nitro benzene ring substituents is 1. The van der Waals surface area contributed by atoms with E-state index in [9.17, 15) is 14.9 Å². The lowest BCUT2D eigenvalue weighted by molar-refractivity contribution is -0.384. The summed E-state index contributed by atoms with van der Waals surface area (Å²) >= 11 is 5.72. The topological polar surface area (TPSA) is 84.6 Å². The predicted octanol–water partition coefficient (Wildman–Crippen LogP) is 3.01. The van der Waals surface area contributed by atoms with E-state index >= 15 is 0 Å². The Kier molecular flexibility index (Phi) is 4.63. The van der Waals surface area contributed by atoms with Gasteiger partial charge in [-0.15, -0.1) is 0 Å². The van der Waals surface area contributed by atoms with Gasteiger partial charge in [-0.1, -0.05) is 23.7 Å². The van der Waals surface area contributed by atoms with Crippen molar-refractivity contribution in [3.63, 3.8) is 0 Å². The SMILES string of the molecule is O=C(N/N=C\c1cccc([N+](=O)[O-])c1)c1ccc(Cl)cc1. The maximum Gasteiger partial charge on any atom is 0.271 e. The molecule has 106 valence electrons. The van der Waals surface area contributed by atoms with Crippen LogP contribution >= 0.6 is 11.6 Å². The molecule has 2 aromatic carbocycles. The van der Waals surface area contributed by atoms with Crippen LogP contribution < -0.4 is 5.43 Å². The molecular weight excluding hydrogens is 294 g/mol. The molecule has 0 bridgehead atoms. The number of amides is 1. The van der Waals surface area contributed by atoms with Crippen molar-refractivity contribution in [3.8, 4) is 0 Å². The molecule has 0 saturated carbocycles. The average molecular weight is 304 g/mol. The molecule has 0 aliphatic heterocycles. The van der Waals surface area contributed by atoms with Crippen LogP contribution in [0.2, 0.25) is 5.02 Å². The zero-order chi connectivity index (χ0) is 15.2. The van der Waals surface area contributed by atoms with Crippen molar-refractivity contribution < 1.29 is 9.72 Å². The summed E-state index contributed by atoms with van der Waals surface area (Å²) in [6, 6.07) is 12.3. The van der Waals surface area contributed by atoms with E-state index < -0.39 is 10.8 Å². The highest BCUT2D eigenvalue weighted by molar-refractivity contribution is 6.30. The van der Waals surface area contributed by atoms with Crippen molar-refractivity contribution in [1.29, 1.82) is 0 Å². The maximum atomic E-state index is 11.7. The highest BCUT2D eigenvalue weighted by atomic mass is 35.5. The number of carbonyl (C=O) groups excluding carboxylic acids is 1. The number of halogens is 1. The van der Waals surface area contributed by atoms with Gasteiger partial charge < -0.3 is 0 Å². The molecule has 2 rings (SSSR count). The molecule has 0 heterocycles. The quantitative estimate of drug-likeness (QED) is 0.535. The summed E-state index contributed by atoms with van der Waals surface area (Å²) in [4.78, 5) is 21.9. The molecule has 7 heteroatoms. The number of nitrogens with one attached hydrogen (secondary N) is 1. The van der Waals surface area contributed by atoms with Gasteiger partial charge in [-0.3, -0.25) is 14.9 Å². The van der Waals surface area contributed by atoms with Gasteiger partial charge in [0.2, 0.25) is 0 Å². The molecule has 0 aliphatic carbocycles. The van der Waals surface area contributed by atoms with Crippen LogP contribution in [0.4, 0.5) is 5.69 Å². The molecule has 0 aromatic heterocycles. The first-order valence-corrected chi connectivity index (χ1v) is 6.27. The molecular formula is C14H10ClN3O3. The predicted molar refractivity (Wildman–Crippen MR) is 79.6 cm³/mol. The lowest BCUT2D eigenvalue weighted by Gasteiger charge is -1.99. The molecule has 0 radical (unpaired) electrons. The van der Waals surface area contributed by atoms with Gasteiger partial charge in [0, 0.05) is 28.3 Å². The average Bonchev–Trinajstić information content (AvgIpc) is 2.48. The monoisotopic (exact) mass is 303 g/mol. The Labute approximate surface area is 125 Å². The molecule has 0 unspecified atom stereocenters. The van der Waals surface area contributed by atoms with E-state index in [1.165, 1.54) is 18.3 Å². The molecule has 6 nitrogen and oxygen atoms in total. The van der Waals surface area contributed by atoms with Crippen molar-refractivity contribution in [2.45, 2.75) is 0 Å². The number of carbonyl (C=O) groups is 1. The second-order valence-corrected chi connectivity index (χ2v) is 4.49. The fourth-order valence-corrected chi connectivity index (χ4v) is 1.68. The molecule has 1 amide bonds. The number of hydrogen-bond donors (Lipinski definition) is 1. The number of hydrogen-bond acceptors (Lipinski definition) is 4. The maximum absolute atomic E-state index is 11.7. The normalized spacial score (nSPS) is 10.5. The number of nitrogens with zero attached hydrogens (tertiary/aromatic N) is 2. The number of hydrazone groups is 1. The van der Waals surface area contributed by atoms with Crippen LogP contribution in [-0.2, 0) is 0 Å². The van der Waals surface area contributed by atoms with Gasteiger partial charge >= 0.3 is 0 Å². The summed E-state index contributed by atoms with van der Waals surface area (Å²) in [5.41, 5.74) is 3.22. The van der Waals surface area contributed by atoms with Crippen molar-refractivity contribution >= 4 is 29.4 Å². The minimum absolute atomic E-state index is 0.0389. The third-order valence-electron chi connectivity index (χ3n) is 2.57. The molecule has 2 aromatic rings. The van der Waals surface area contributed by atoms with Crippen molar-refractivity contribution in [3.05, 3.63) is 74.8 Å². The van der Waals surface area contributed by atoms with Gasteiger partial charge in [0.05, 0.1) is 11.1 Å².